The third-order valence-corrected chi connectivity index (χ3v) is 4.64. The molecule has 21 heavy (non-hydrogen) atoms. The number of halogens is 1. The van der Waals surface area contributed by atoms with E-state index >= 15 is 0 Å². The number of carbonyl (C=O) groups is 2. The number of rotatable bonds is 4. The van der Waals surface area contributed by atoms with Gasteiger partial charge < -0.3 is 10.4 Å². The predicted molar refractivity (Wildman–Crippen MR) is 78.7 cm³/mol. The quantitative estimate of drug-likeness (QED) is 0.840. The van der Waals surface area contributed by atoms with Crippen molar-refractivity contribution < 1.29 is 14.7 Å². The molecule has 0 radical (unpaired) electrons. The van der Waals surface area contributed by atoms with Crippen LogP contribution in [0.3, 0.4) is 0 Å². The molecule has 1 aromatic rings. The van der Waals surface area contributed by atoms with Crippen LogP contribution in [0.4, 0.5) is 0 Å². The molecule has 1 fully saturated rings. The number of hydrogen-bond donors (Lipinski definition) is 2. The Morgan fingerprint density at radius 1 is 1.24 bits per heavy atom. The molecule has 0 unspecified atom stereocenters. The van der Waals surface area contributed by atoms with Crippen molar-refractivity contribution in [3.63, 3.8) is 0 Å². The fraction of sp³-hybridized carbons (Fsp3) is 0.375. The minimum atomic E-state index is -0.880. The maximum atomic E-state index is 12.4. The van der Waals surface area contributed by atoms with Crippen molar-refractivity contribution >= 4 is 23.5 Å². The van der Waals surface area contributed by atoms with Gasteiger partial charge >= 0.3 is 5.97 Å². The lowest BCUT2D eigenvalue weighted by Crippen LogP contribution is -2.39. The summed E-state index contributed by atoms with van der Waals surface area (Å²) in [6.45, 7) is 0.364. The molecule has 2 aliphatic rings. The van der Waals surface area contributed by atoms with Crippen molar-refractivity contribution in [2.45, 2.75) is 13.0 Å². The smallest absolute Gasteiger partial charge is 0.307 e. The second kappa shape index (κ2) is 5.53. The lowest BCUT2D eigenvalue weighted by Gasteiger charge is -2.23. The van der Waals surface area contributed by atoms with Crippen molar-refractivity contribution in [3.8, 4) is 0 Å². The summed E-state index contributed by atoms with van der Waals surface area (Å²) in [4.78, 5) is 23.8. The monoisotopic (exact) mass is 305 g/mol. The van der Waals surface area contributed by atoms with Crippen LogP contribution in [0.15, 0.2) is 36.4 Å². The number of aliphatic carboxylic acids is 1. The standard InChI is InChI=1S/C16H16ClNO3/c17-12-3-1-2-9(6-12)8-18-15(19)13-10-4-5-11(7-10)14(13)16(20)21/h1-6,10-11,13-14H,7-8H2,(H,18,19)(H,20,21)/t10-,11-,13+,14-/m0/s1. The van der Waals surface area contributed by atoms with Crippen LogP contribution in [-0.2, 0) is 16.1 Å². The molecule has 5 heteroatoms. The van der Waals surface area contributed by atoms with Crippen LogP contribution in [0.1, 0.15) is 12.0 Å². The number of carboxylic acid groups (broad SMARTS) is 1. The van der Waals surface area contributed by atoms with E-state index in [0.29, 0.717) is 11.6 Å². The van der Waals surface area contributed by atoms with Crippen molar-refractivity contribution in [3.05, 3.63) is 47.0 Å². The normalized spacial score (nSPS) is 29.6. The Hall–Kier alpha value is -1.81. The Balaban J connectivity index is 1.68. The largest absolute Gasteiger partial charge is 0.481 e. The molecular weight excluding hydrogens is 290 g/mol. The minimum absolute atomic E-state index is 0.00517. The second-order valence-corrected chi connectivity index (χ2v) is 6.12. The van der Waals surface area contributed by atoms with E-state index in [4.69, 9.17) is 11.6 Å². The van der Waals surface area contributed by atoms with E-state index < -0.39 is 17.8 Å². The first kappa shape index (κ1) is 14.1. The molecule has 2 aliphatic carbocycles. The molecule has 1 aromatic carbocycles. The number of amides is 1. The van der Waals surface area contributed by atoms with Gasteiger partial charge in [0.15, 0.2) is 0 Å². The van der Waals surface area contributed by atoms with E-state index in [-0.39, 0.29) is 17.7 Å². The summed E-state index contributed by atoms with van der Waals surface area (Å²) in [5.74, 6) is -2.07. The van der Waals surface area contributed by atoms with Crippen molar-refractivity contribution in [1.82, 2.24) is 5.32 Å². The van der Waals surface area contributed by atoms with Crippen molar-refractivity contribution in [2.24, 2.45) is 23.7 Å². The summed E-state index contributed by atoms with van der Waals surface area (Å²) >= 11 is 5.90. The lowest BCUT2D eigenvalue weighted by atomic mass is 9.82. The number of carboxylic acids is 1. The van der Waals surface area contributed by atoms with Crippen LogP contribution >= 0.6 is 11.6 Å². The maximum absolute atomic E-state index is 12.4. The average molecular weight is 306 g/mol. The van der Waals surface area contributed by atoms with Gasteiger partial charge in [-0.25, -0.2) is 0 Å². The van der Waals surface area contributed by atoms with Crippen molar-refractivity contribution in [2.75, 3.05) is 0 Å². The zero-order chi connectivity index (χ0) is 15.0. The summed E-state index contributed by atoms with van der Waals surface area (Å²) in [7, 11) is 0. The van der Waals surface area contributed by atoms with Crippen LogP contribution in [-0.4, -0.2) is 17.0 Å². The topological polar surface area (TPSA) is 66.4 Å². The number of carbonyl (C=O) groups excluding carboxylic acids is 1. The molecule has 1 saturated carbocycles. The van der Waals surface area contributed by atoms with E-state index in [0.717, 1.165) is 12.0 Å². The molecule has 4 nitrogen and oxygen atoms in total. The third-order valence-electron chi connectivity index (χ3n) is 4.40. The zero-order valence-electron chi connectivity index (χ0n) is 11.3. The maximum Gasteiger partial charge on any atom is 0.307 e. The summed E-state index contributed by atoms with van der Waals surface area (Å²) < 4.78 is 0. The molecule has 0 saturated heterocycles. The molecule has 3 rings (SSSR count). The van der Waals surface area contributed by atoms with Gasteiger partial charge in [-0.1, -0.05) is 35.9 Å². The summed E-state index contributed by atoms with van der Waals surface area (Å²) in [5, 5.41) is 12.8. The molecule has 2 bridgehead atoms. The molecule has 0 spiro atoms. The van der Waals surface area contributed by atoms with Crippen LogP contribution in [0.25, 0.3) is 0 Å². The Labute approximate surface area is 127 Å². The molecule has 0 aliphatic heterocycles. The number of allylic oxidation sites excluding steroid dienone is 2. The van der Waals surface area contributed by atoms with Gasteiger partial charge in [-0.15, -0.1) is 0 Å². The Morgan fingerprint density at radius 3 is 2.62 bits per heavy atom. The highest BCUT2D eigenvalue weighted by Gasteiger charge is 2.51. The molecule has 0 heterocycles. The SMILES string of the molecule is O=C(O)[C@@H]1[C@H](C(=O)NCc2cccc(Cl)c2)[C@H]2C=C[C@H]1C2. The lowest BCUT2D eigenvalue weighted by molar-refractivity contribution is -0.147. The highest BCUT2D eigenvalue weighted by Crippen LogP contribution is 2.48. The predicted octanol–water partition coefficient (Wildman–Crippen LogP) is 2.48. The van der Waals surface area contributed by atoms with Gasteiger partial charge in [-0.2, -0.15) is 0 Å². The van der Waals surface area contributed by atoms with E-state index in [9.17, 15) is 14.7 Å². The van der Waals surface area contributed by atoms with Crippen molar-refractivity contribution in [1.29, 1.82) is 0 Å². The molecule has 1 amide bonds. The third kappa shape index (κ3) is 2.68. The van der Waals surface area contributed by atoms with Crippen LogP contribution in [0.2, 0.25) is 5.02 Å². The van der Waals surface area contributed by atoms with E-state index in [2.05, 4.69) is 5.32 Å². The molecule has 0 aromatic heterocycles. The van der Waals surface area contributed by atoms with Gasteiger partial charge in [0.25, 0.3) is 0 Å². The van der Waals surface area contributed by atoms with Crippen LogP contribution in [0.5, 0.6) is 0 Å². The first-order chi connectivity index (χ1) is 10.1. The summed E-state index contributed by atoms with van der Waals surface area (Å²) in [6, 6.07) is 7.26. The first-order valence-electron chi connectivity index (χ1n) is 6.99. The van der Waals surface area contributed by atoms with Gasteiger partial charge in [0, 0.05) is 11.6 Å². The minimum Gasteiger partial charge on any atom is -0.481 e. The Kier molecular flexibility index (Phi) is 3.72. The zero-order valence-corrected chi connectivity index (χ0v) is 12.1. The van der Waals surface area contributed by atoms with Gasteiger partial charge in [0.05, 0.1) is 11.8 Å². The highest BCUT2D eigenvalue weighted by molar-refractivity contribution is 6.30. The van der Waals surface area contributed by atoms with Gasteiger partial charge in [0.2, 0.25) is 5.91 Å². The first-order valence-corrected chi connectivity index (χ1v) is 7.37. The molecule has 2 N–H and O–H groups in total. The molecular formula is C16H16ClNO3. The van der Waals surface area contributed by atoms with E-state index in [1.165, 1.54) is 0 Å². The molecule has 110 valence electrons. The number of nitrogens with one attached hydrogen (secondary N) is 1. The van der Waals surface area contributed by atoms with Gasteiger partial charge in [0.1, 0.15) is 0 Å². The molecule has 4 atom stereocenters. The number of benzene rings is 1. The second-order valence-electron chi connectivity index (χ2n) is 5.69. The Morgan fingerprint density at radius 2 is 1.95 bits per heavy atom. The Bertz CT molecular complexity index is 613. The summed E-state index contributed by atoms with van der Waals surface area (Å²) in [5.41, 5.74) is 0.904. The number of fused-ring (bicyclic) bond motifs is 2. The van der Waals surface area contributed by atoms with Crippen LogP contribution in [0, 0.1) is 23.7 Å². The fourth-order valence-electron chi connectivity index (χ4n) is 3.47. The van der Waals surface area contributed by atoms with E-state index in [1.807, 2.05) is 24.3 Å². The highest BCUT2D eigenvalue weighted by atomic mass is 35.5. The van der Waals surface area contributed by atoms with Crippen LogP contribution < -0.4 is 5.32 Å². The van der Waals surface area contributed by atoms with E-state index in [1.54, 1.807) is 12.1 Å². The average Bonchev–Trinajstić information content (AvgIpc) is 3.05. The summed E-state index contributed by atoms with van der Waals surface area (Å²) in [6.07, 6.45) is 4.68. The van der Waals surface area contributed by atoms with Gasteiger partial charge in [-0.3, -0.25) is 9.59 Å². The van der Waals surface area contributed by atoms with Gasteiger partial charge in [-0.05, 0) is 36.0 Å². The number of hydrogen-bond acceptors (Lipinski definition) is 2. The fourth-order valence-corrected chi connectivity index (χ4v) is 3.68.